The van der Waals surface area contributed by atoms with E-state index in [0.717, 1.165) is 22.2 Å². The fourth-order valence-corrected chi connectivity index (χ4v) is 3.21. The van der Waals surface area contributed by atoms with Crippen LogP contribution in [0.25, 0.3) is 10.9 Å². The van der Waals surface area contributed by atoms with Crippen molar-refractivity contribution < 1.29 is 19.1 Å². The molecule has 2 aromatic carbocycles. The summed E-state index contributed by atoms with van der Waals surface area (Å²) in [6, 6.07) is 14.8. The van der Waals surface area contributed by atoms with Gasteiger partial charge in [-0.25, -0.2) is 4.79 Å². The summed E-state index contributed by atoms with van der Waals surface area (Å²) in [6.07, 6.45) is 0.637. The van der Waals surface area contributed by atoms with Crippen LogP contribution >= 0.6 is 0 Å². The van der Waals surface area contributed by atoms with E-state index >= 15 is 0 Å². The van der Waals surface area contributed by atoms with Crippen molar-refractivity contribution in [2.75, 3.05) is 13.2 Å². The molecule has 0 bridgehead atoms. The average Bonchev–Trinajstić information content (AvgIpc) is 2.71. The first-order chi connectivity index (χ1) is 13.5. The van der Waals surface area contributed by atoms with E-state index in [4.69, 9.17) is 9.47 Å². The molecule has 0 saturated carbocycles. The van der Waals surface area contributed by atoms with Gasteiger partial charge >= 0.3 is 5.97 Å². The molecule has 0 radical (unpaired) electrons. The first-order valence-corrected chi connectivity index (χ1v) is 9.31. The Morgan fingerprint density at radius 3 is 2.46 bits per heavy atom. The number of pyridine rings is 1. The Hall–Kier alpha value is -3.21. The lowest BCUT2D eigenvalue weighted by atomic mass is 10.0. The highest BCUT2D eigenvalue weighted by atomic mass is 16.6. The summed E-state index contributed by atoms with van der Waals surface area (Å²) in [5, 5.41) is 0.943. The number of fused-ring (bicyclic) bond motifs is 1. The molecular formula is C23H23NO4. The van der Waals surface area contributed by atoms with Crippen LogP contribution < -0.4 is 4.74 Å². The van der Waals surface area contributed by atoms with Gasteiger partial charge in [-0.3, -0.25) is 9.78 Å². The second-order valence-electron chi connectivity index (χ2n) is 6.47. The molecule has 0 saturated heterocycles. The standard InChI is InChI=1S/C23H23NO4/c1-4-19-22(15(2)17-9-5-7-11-20(17)24-19)23(26)28-14-13-27-21-12-8-6-10-18(21)16(3)25/h5-12H,4,13-14H2,1-3H3. The molecule has 0 amide bonds. The van der Waals surface area contributed by atoms with Crippen LogP contribution in [0.4, 0.5) is 0 Å². The molecule has 28 heavy (non-hydrogen) atoms. The van der Waals surface area contributed by atoms with Crippen LogP contribution in [0.15, 0.2) is 48.5 Å². The van der Waals surface area contributed by atoms with Crippen LogP contribution in [0.2, 0.25) is 0 Å². The molecule has 1 heterocycles. The summed E-state index contributed by atoms with van der Waals surface area (Å²) in [5.41, 5.74) is 3.50. The number of aryl methyl sites for hydroxylation is 2. The Morgan fingerprint density at radius 1 is 1.00 bits per heavy atom. The van der Waals surface area contributed by atoms with Crippen LogP contribution in [-0.4, -0.2) is 30.0 Å². The van der Waals surface area contributed by atoms with Crippen molar-refractivity contribution in [1.29, 1.82) is 0 Å². The summed E-state index contributed by atoms with van der Waals surface area (Å²) in [5.74, 6) is 0.0120. The predicted molar refractivity (Wildman–Crippen MR) is 108 cm³/mol. The number of carbonyl (C=O) groups is 2. The van der Waals surface area contributed by atoms with E-state index in [2.05, 4.69) is 4.98 Å². The van der Waals surface area contributed by atoms with E-state index < -0.39 is 5.97 Å². The van der Waals surface area contributed by atoms with Crippen molar-refractivity contribution in [3.8, 4) is 5.75 Å². The summed E-state index contributed by atoms with van der Waals surface area (Å²) in [6.45, 7) is 5.62. The van der Waals surface area contributed by atoms with Crippen molar-refractivity contribution in [3.63, 3.8) is 0 Å². The molecular weight excluding hydrogens is 354 g/mol. The Kier molecular flexibility index (Phi) is 6.04. The minimum Gasteiger partial charge on any atom is -0.489 e. The number of para-hydroxylation sites is 2. The highest BCUT2D eigenvalue weighted by Gasteiger charge is 2.19. The number of ketones is 1. The number of carbonyl (C=O) groups excluding carboxylic acids is 2. The van der Waals surface area contributed by atoms with Crippen LogP contribution in [0, 0.1) is 6.92 Å². The topological polar surface area (TPSA) is 65.5 Å². The maximum atomic E-state index is 12.7. The molecule has 1 aromatic heterocycles. The fraction of sp³-hybridized carbons (Fsp3) is 0.261. The van der Waals surface area contributed by atoms with E-state index in [1.165, 1.54) is 6.92 Å². The number of hydrogen-bond donors (Lipinski definition) is 0. The molecule has 0 unspecified atom stereocenters. The number of aromatic nitrogens is 1. The monoisotopic (exact) mass is 377 g/mol. The zero-order valence-electron chi connectivity index (χ0n) is 16.3. The molecule has 0 aliphatic rings. The Bertz CT molecular complexity index is 1030. The molecule has 3 aromatic rings. The minimum absolute atomic E-state index is 0.0713. The summed E-state index contributed by atoms with van der Waals surface area (Å²) in [4.78, 5) is 29.0. The minimum atomic E-state index is -0.406. The number of benzene rings is 2. The number of ether oxygens (including phenoxy) is 2. The fourth-order valence-electron chi connectivity index (χ4n) is 3.21. The lowest BCUT2D eigenvalue weighted by molar-refractivity contribution is 0.0447. The number of rotatable bonds is 7. The van der Waals surface area contributed by atoms with Gasteiger partial charge in [-0.05, 0) is 44.0 Å². The Morgan fingerprint density at radius 2 is 1.71 bits per heavy atom. The van der Waals surface area contributed by atoms with Gasteiger partial charge in [0.2, 0.25) is 0 Å². The van der Waals surface area contributed by atoms with Gasteiger partial charge in [-0.15, -0.1) is 0 Å². The van der Waals surface area contributed by atoms with Crippen molar-refractivity contribution in [3.05, 3.63) is 70.9 Å². The third-order valence-electron chi connectivity index (χ3n) is 4.61. The third kappa shape index (κ3) is 4.03. The number of nitrogens with zero attached hydrogens (tertiary/aromatic N) is 1. The molecule has 144 valence electrons. The van der Waals surface area contributed by atoms with Gasteiger partial charge in [0.25, 0.3) is 0 Å². The van der Waals surface area contributed by atoms with Crippen LogP contribution in [-0.2, 0) is 11.2 Å². The van der Waals surface area contributed by atoms with E-state index in [1.807, 2.05) is 38.1 Å². The normalized spacial score (nSPS) is 10.7. The second kappa shape index (κ2) is 8.65. The van der Waals surface area contributed by atoms with Crippen molar-refractivity contribution in [1.82, 2.24) is 4.98 Å². The highest BCUT2D eigenvalue weighted by molar-refractivity contribution is 5.98. The lowest BCUT2D eigenvalue weighted by Gasteiger charge is -2.14. The van der Waals surface area contributed by atoms with E-state index in [0.29, 0.717) is 23.3 Å². The van der Waals surface area contributed by atoms with Crippen LogP contribution in [0.1, 0.15) is 45.8 Å². The van der Waals surface area contributed by atoms with Crippen LogP contribution in [0.3, 0.4) is 0 Å². The van der Waals surface area contributed by atoms with Crippen molar-refractivity contribution in [2.45, 2.75) is 27.2 Å². The van der Waals surface area contributed by atoms with Gasteiger partial charge in [-0.1, -0.05) is 37.3 Å². The summed E-state index contributed by atoms with van der Waals surface area (Å²) in [7, 11) is 0. The first-order valence-electron chi connectivity index (χ1n) is 9.31. The van der Waals surface area contributed by atoms with Gasteiger partial charge < -0.3 is 9.47 Å². The molecule has 3 rings (SSSR count). The lowest BCUT2D eigenvalue weighted by Crippen LogP contribution is -2.16. The SMILES string of the molecule is CCc1nc2ccccc2c(C)c1C(=O)OCCOc1ccccc1C(C)=O. The van der Waals surface area contributed by atoms with Crippen LogP contribution in [0.5, 0.6) is 5.75 Å². The third-order valence-corrected chi connectivity index (χ3v) is 4.61. The molecule has 0 aliphatic heterocycles. The van der Waals surface area contributed by atoms with Gasteiger partial charge in [0.15, 0.2) is 5.78 Å². The predicted octanol–water partition coefficient (Wildman–Crippen LogP) is 4.54. The molecule has 0 N–H and O–H groups in total. The molecule has 5 heteroatoms. The quantitative estimate of drug-likeness (QED) is 0.343. The highest BCUT2D eigenvalue weighted by Crippen LogP contribution is 2.24. The Labute approximate surface area is 164 Å². The molecule has 0 fully saturated rings. The maximum absolute atomic E-state index is 12.7. The van der Waals surface area contributed by atoms with Gasteiger partial charge in [0, 0.05) is 5.39 Å². The van der Waals surface area contributed by atoms with Gasteiger partial charge in [0.1, 0.15) is 19.0 Å². The van der Waals surface area contributed by atoms with E-state index in [9.17, 15) is 9.59 Å². The largest absolute Gasteiger partial charge is 0.489 e. The van der Waals surface area contributed by atoms with E-state index in [-0.39, 0.29) is 19.0 Å². The first kappa shape index (κ1) is 19.5. The summed E-state index contributed by atoms with van der Waals surface area (Å²) < 4.78 is 11.1. The number of hydrogen-bond acceptors (Lipinski definition) is 5. The van der Waals surface area contributed by atoms with Gasteiger partial charge in [-0.2, -0.15) is 0 Å². The smallest absolute Gasteiger partial charge is 0.340 e. The Balaban J connectivity index is 1.71. The number of Topliss-reactive ketones (excluding diaryl/α,β-unsaturated/α-hetero) is 1. The zero-order chi connectivity index (χ0) is 20.1. The average molecular weight is 377 g/mol. The molecule has 0 aliphatic carbocycles. The number of esters is 1. The second-order valence-corrected chi connectivity index (χ2v) is 6.47. The molecule has 5 nitrogen and oxygen atoms in total. The zero-order valence-corrected chi connectivity index (χ0v) is 16.3. The van der Waals surface area contributed by atoms with Crippen molar-refractivity contribution >= 4 is 22.7 Å². The van der Waals surface area contributed by atoms with Crippen molar-refractivity contribution in [2.24, 2.45) is 0 Å². The van der Waals surface area contributed by atoms with Gasteiger partial charge in [0.05, 0.1) is 22.3 Å². The molecule has 0 atom stereocenters. The maximum Gasteiger partial charge on any atom is 0.340 e. The van der Waals surface area contributed by atoms with E-state index in [1.54, 1.807) is 24.3 Å². The summed E-state index contributed by atoms with van der Waals surface area (Å²) >= 11 is 0. The molecule has 0 spiro atoms.